The number of rotatable bonds is 8. The first-order valence-corrected chi connectivity index (χ1v) is 11.5. The summed E-state index contributed by atoms with van der Waals surface area (Å²) >= 11 is 1.53. The fourth-order valence-corrected chi connectivity index (χ4v) is 5.19. The molecule has 0 aliphatic carbocycles. The van der Waals surface area contributed by atoms with Crippen molar-refractivity contribution in [1.29, 1.82) is 0 Å². The number of carbonyl (C=O) groups is 1. The molecule has 0 bridgehead atoms. The zero-order valence-electron chi connectivity index (χ0n) is 17.9. The maximum absolute atomic E-state index is 13.8. The van der Waals surface area contributed by atoms with Crippen molar-refractivity contribution in [3.05, 3.63) is 57.9 Å². The molecule has 5 nitrogen and oxygen atoms in total. The first-order valence-electron chi connectivity index (χ1n) is 10.5. The molecular weight excluding hydrogens is 403 g/mol. The van der Waals surface area contributed by atoms with Gasteiger partial charge in [-0.05, 0) is 67.8 Å². The first-order chi connectivity index (χ1) is 14.4. The molecule has 2 aliphatic heterocycles. The van der Waals surface area contributed by atoms with Crippen molar-refractivity contribution in [2.45, 2.75) is 39.4 Å². The van der Waals surface area contributed by atoms with Crippen LogP contribution in [-0.4, -0.2) is 59.6 Å². The summed E-state index contributed by atoms with van der Waals surface area (Å²) in [4.78, 5) is 16.5. The number of thioether (sulfide) groups is 1. The van der Waals surface area contributed by atoms with Gasteiger partial charge in [-0.1, -0.05) is 19.1 Å². The van der Waals surface area contributed by atoms with Gasteiger partial charge in [0, 0.05) is 26.3 Å². The lowest BCUT2D eigenvalue weighted by atomic mass is 9.98. The number of hydrogen-bond donors (Lipinski definition) is 1. The summed E-state index contributed by atoms with van der Waals surface area (Å²) in [6, 6.07) is 6.54. The van der Waals surface area contributed by atoms with E-state index in [9.17, 15) is 14.3 Å². The molecule has 2 heterocycles. The number of nitrogens with zero attached hydrogens (tertiary/aromatic N) is 2. The Morgan fingerprint density at radius 2 is 2.10 bits per heavy atom. The highest BCUT2D eigenvalue weighted by Gasteiger charge is 2.33. The number of carboxylic acids is 1. The summed E-state index contributed by atoms with van der Waals surface area (Å²) in [6.07, 6.45) is 4.02. The van der Waals surface area contributed by atoms with Crippen LogP contribution < -0.4 is 0 Å². The molecule has 1 N–H and O–H groups in total. The zero-order valence-corrected chi connectivity index (χ0v) is 18.8. The minimum atomic E-state index is -0.922. The molecular formula is C23H31FN2O3S. The van der Waals surface area contributed by atoms with E-state index in [1.807, 2.05) is 26.0 Å². The number of aliphatic carboxylic acids is 1. The largest absolute Gasteiger partial charge is 0.478 e. The molecule has 1 unspecified atom stereocenters. The highest BCUT2D eigenvalue weighted by Crippen LogP contribution is 2.37. The Balaban J connectivity index is 1.94. The summed E-state index contributed by atoms with van der Waals surface area (Å²) < 4.78 is 19.3. The lowest BCUT2D eigenvalue weighted by Crippen LogP contribution is -2.48. The van der Waals surface area contributed by atoms with Gasteiger partial charge in [-0.25, -0.2) is 9.18 Å². The Hall–Kier alpha value is -1.83. The highest BCUT2D eigenvalue weighted by atomic mass is 32.2. The average molecular weight is 435 g/mol. The molecule has 1 fully saturated rings. The van der Waals surface area contributed by atoms with Crippen LogP contribution in [0.15, 0.2) is 46.5 Å². The Morgan fingerprint density at radius 3 is 2.73 bits per heavy atom. The van der Waals surface area contributed by atoms with Crippen LogP contribution in [0.5, 0.6) is 0 Å². The van der Waals surface area contributed by atoms with Crippen molar-refractivity contribution in [3.8, 4) is 0 Å². The van der Waals surface area contributed by atoms with E-state index in [0.717, 1.165) is 54.5 Å². The molecule has 3 rings (SSSR count). The summed E-state index contributed by atoms with van der Waals surface area (Å²) in [5.41, 5.74) is 1.94. The third kappa shape index (κ3) is 5.45. The topological polar surface area (TPSA) is 53.0 Å². The molecule has 1 aromatic rings. The fourth-order valence-electron chi connectivity index (χ4n) is 4.19. The Morgan fingerprint density at radius 1 is 1.37 bits per heavy atom. The van der Waals surface area contributed by atoms with Crippen molar-refractivity contribution < 1.29 is 19.0 Å². The van der Waals surface area contributed by atoms with Crippen LogP contribution in [0.1, 0.15) is 32.3 Å². The van der Waals surface area contributed by atoms with Gasteiger partial charge in [0.1, 0.15) is 12.0 Å². The summed E-state index contributed by atoms with van der Waals surface area (Å²) in [5, 5.41) is 10.6. The van der Waals surface area contributed by atoms with E-state index >= 15 is 0 Å². The normalized spacial score (nSPS) is 20.6. The van der Waals surface area contributed by atoms with Gasteiger partial charge in [-0.2, -0.15) is 0 Å². The van der Waals surface area contributed by atoms with E-state index in [1.165, 1.54) is 23.9 Å². The summed E-state index contributed by atoms with van der Waals surface area (Å²) in [6.45, 7) is 6.84. The smallest absolute Gasteiger partial charge is 0.338 e. The Labute approximate surface area is 182 Å². The molecule has 0 amide bonds. The molecule has 0 saturated carbocycles. The van der Waals surface area contributed by atoms with Gasteiger partial charge < -0.3 is 14.7 Å². The summed E-state index contributed by atoms with van der Waals surface area (Å²) in [7, 11) is 2.09. The summed E-state index contributed by atoms with van der Waals surface area (Å²) in [5.74, 6) is 0.112. The molecule has 1 saturated heterocycles. The quantitative estimate of drug-likeness (QED) is 0.658. The second kappa shape index (κ2) is 10.5. The minimum absolute atomic E-state index is 0.0896. The molecule has 1 aromatic carbocycles. The third-order valence-electron chi connectivity index (χ3n) is 5.66. The van der Waals surface area contributed by atoms with Crippen molar-refractivity contribution in [3.63, 3.8) is 0 Å². The number of carboxylic acid groups (broad SMARTS) is 1. The van der Waals surface area contributed by atoms with Crippen LogP contribution in [0.2, 0.25) is 0 Å². The molecule has 164 valence electrons. The van der Waals surface area contributed by atoms with Crippen LogP contribution in [0.3, 0.4) is 0 Å². The van der Waals surface area contributed by atoms with E-state index in [0.29, 0.717) is 18.0 Å². The molecule has 30 heavy (non-hydrogen) atoms. The monoisotopic (exact) mass is 434 g/mol. The molecule has 1 atom stereocenters. The predicted molar refractivity (Wildman–Crippen MR) is 118 cm³/mol. The molecule has 0 radical (unpaired) electrons. The van der Waals surface area contributed by atoms with Crippen LogP contribution in [0.25, 0.3) is 0 Å². The lowest BCUT2D eigenvalue weighted by Gasteiger charge is -2.43. The van der Waals surface area contributed by atoms with Crippen LogP contribution in [0.4, 0.5) is 4.39 Å². The number of benzene rings is 1. The van der Waals surface area contributed by atoms with Gasteiger partial charge in [0.25, 0.3) is 0 Å². The highest BCUT2D eigenvalue weighted by molar-refractivity contribution is 8.03. The second-order valence-corrected chi connectivity index (χ2v) is 9.19. The van der Waals surface area contributed by atoms with E-state index in [4.69, 9.17) is 4.74 Å². The van der Waals surface area contributed by atoms with Gasteiger partial charge in [0.15, 0.2) is 0 Å². The van der Waals surface area contributed by atoms with E-state index < -0.39 is 5.97 Å². The van der Waals surface area contributed by atoms with Gasteiger partial charge in [0.2, 0.25) is 0 Å². The van der Waals surface area contributed by atoms with Crippen molar-refractivity contribution in [1.82, 2.24) is 9.80 Å². The minimum Gasteiger partial charge on any atom is -0.478 e. The van der Waals surface area contributed by atoms with Crippen molar-refractivity contribution >= 4 is 17.7 Å². The van der Waals surface area contributed by atoms with E-state index in [2.05, 4.69) is 16.8 Å². The van der Waals surface area contributed by atoms with Crippen LogP contribution in [-0.2, 0) is 16.1 Å². The number of likely N-dealkylation sites (N-methyl/N-ethyl adjacent to an activating group) is 1. The number of halogens is 1. The zero-order chi connectivity index (χ0) is 21.7. The van der Waals surface area contributed by atoms with Gasteiger partial charge in [0.05, 0.1) is 10.6 Å². The molecule has 7 heteroatoms. The van der Waals surface area contributed by atoms with Crippen molar-refractivity contribution in [2.24, 2.45) is 5.92 Å². The number of ether oxygens (including phenoxy) is 1. The van der Waals surface area contributed by atoms with Gasteiger partial charge >= 0.3 is 5.97 Å². The van der Waals surface area contributed by atoms with Crippen LogP contribution >= 0.6 is 11.8 Å². The van der Waals surface area contributed by atoms with E-state index in [1.54, 1.807) is 6.07 Å². The molecule has 2 aliphatic rings. The number of hydrogen-bond acceptors (Lipinski definition) is 5. The Bertz CT molecular complexity index is 820. The Kier molecular flexibility index (Phi) is 7.97. The SMILES string of the molecule is CCSC1=C(C(=O)O)C(C)=CC(N(C)CC2CCOCC2)N1Cc1cccc(F)c1. The standard InChI is InChI=1S/C23H31FN2O3S/c1-4-30-22-21(23(27)28)16(2)12-20(25(3)14-17-8-10-29-11-9-17)26(22)15-18-6-5-7-19(24)13-18/h5-7,12-13,17,20H,4,8-11,14-15H2,1-3H3,(H,27,28). The van der Waals surface area contributed by atoms with Gasteiger partial charge in [-0.15, -0.1) is 11.8 Å². The van der Waals surface area contributed by atoms with E-state index in [-0.39, 0.29) is 12.0 Å². The first kappa shape index (κ1) is 22.8. The maximum atomic E-state index is 13.8. The molecule has 0 aromatic heterocycles. The fraction of sp³-hybridized carbons (Fsp3) is 0.522. The molecule has 0 spiro atoms. The second-order valence-electron chi connectivity index (χ2n) is 7.93. The van der Waals surface area contributed by atoms with Crippen LogP contribution in [0, 0.1) is 11.7 Å². The average Bonchev–Trinajstić information content (AvgIpc) is 2.70. The third-order valence-corrected chi connectivity index (χ3v) is 6.66. The maximum Gasteiger partial charge on any atom is 0.338 e. The lowest BCUT2D eigenvalue weighted by molar-refractivity contribution is -0.132. The predicted octanol–water partition coefficient (Wildman–Crippen LogP) is 4.32. The van der Waals surface area contributed by atoms with Crippen molar-refractivity contribution in [2.75, 3.05) is 32.6 Å². The van der Waals surface area contributed by atoms with Gasteiger partial charge in [-0.3, -0.25) is 4.90 Å².